The van der Waals surface area contributed by atoms with Gasteiger partial charge in [-0.05, 0) is 31.8 Å². The van der Waals surface area contributed by atoms with Crippen molar-refractivity contribution in [2.75, 3.05) is 39.4 Å². The fourth-order valence-electron chi connectivity index (χ4n) is 3.22. The zero-order valence-electron chi connectivity index (χ0n) is 10.8. The molecule has 0 aromatic heterocycles. The molecule has 0 atom stereocenters. The molecule has 0 unspecified atom stereocenters. The van der Waals surface area contributed by atoms with E-state index in [1.807, 2.05) is 4.90 Å². The Bertz CT molecular complexity index is 309. The Morgan fingerprint density at radius 1 is 1.28 bits per heavy atom. The van der Waals surface area contributed by atoms with E-state index in [9.17, 15) is 4.79 Å². The molecule has 0 radical (unpaired) electrons. The molecule has 3 fully saturated rings. The third-order valence-electron chi connectivity index (χ3n) is 4.38. The molecule has 0 bridgehead atoms. The quantitative estimate of drug-likeness (QED) is 0.798. The van der Waals surface area contributed by atoms with Crippen molar-refractivity contribution in [1.29, 1.82) is 0 Å². The SMILES string of the molecule is O=C1OC2(CCNCC2)CN1CC1CCOCC1. The maximum atomic E-state index is 12.0. The summed E-state index contributed by atoms with van der Waals surface area (Å²) in [5, 5.41) is 3.32. The summed E-state index contributed by atoms with van der Waals surface area (Å²) in [6.07, 6.45) is 3.92. The number of carbonyl (C=O) groups is 1. The van der Waals surface area contributed by atoms with Crippen molar-refractivity contribution in [2.24, 2.45) is 5.92 Å². The molecule has 0 aliphatic carbocycles. The van der Waals surface area contributed by atoms with Crippen molar-refractivity contribution in [1.82, 2.24) is 10.2 Å². The van der Waals surface area contributed by atoms with Gasteiger partial charge in [0.25, 0.3) is 0 Å². The number of rotatable bonds is 2. The molecule has 3 aliphatic rings. The summed E-state index contributed by atoms with van der Waals surface area (Å²) in [4.78, 5) is 13.9. The molecule has 3 saturated heterocycles. The maximum Gasteiger partial charge on any atom is 0.410 e. The highest BCUT2D eigenvalue weighted by atomic mass is 16.6. The second-order valence-electron chi connectivity index (χ2n) is 5.74. The second kappa shape index (κ2) is 5.05. The zero-order chi connectivity index (χ0) is 12.4. The second-order valence-corrected chi connectivity index (χ2v) is 5.74. The Balaban J connectivity index is 1.58. The third-order valence-corrected chi connectivity index (χ3v) is 4.38. The Kier molecular flexibility index (Phi) is 3.43. The molecule has 0 saturated carbocycles. The predicted molar refractivity (Wildman–Crippen MR) is 66.4 cm³/mol. The highest BCUT2D eigenvalue weighted by Crippen LogP contribution is 2.32. The standard InChI is InChI=1S/C13H22N2O3/c16-12-15(9-11-1-7-17-8-2-11)10-13(18-12)3-5-14-6-4-13/h11,14H,1-10H2. The highest BCUT2D eigenvalue weighted by molar-refractivity contribution is 5.70. The molecule has 5 nitrogen and oxygen atoms in total. The minimum atomic E-state index is -0.201. The van der Waals surface area contributed by atoms with Crippen LogP contribution < -0.4 is 5.32 Å². The first-order valence-corrected chi connectivity index (χ1v) is 7.04. The van der Waals surface area contributed by atoms with Crippen LogP contribution in [0.15, 0.2) is 0 Å². The lowest BCUT2D eigenvalue weighted by Crippen LogP contribution is -2.45. The van der Waals surface area contributed by atoms with Crippen molar-refractivity contribution in [3.8, 4) is 0 Å². The lowest BCUT2D eigenvalue weighted by molar-refractivity contribution is 0.0316. The van der Waals surface area contributed by atoms with Gasteiger partial charge in [0.2, 0.25) is 0 Å². The van der Waals surface area contributed by atoms with Crippen LogP contribution in [-0.4, -0.2) is 56.0 Å². The van der Waals surface area contributed by atoms with Crippen LogP contribution >= 0.6 is 0 Å². The van der Waals surface area contributed by atoms with E-state index in [4.69, 9.17) is 9.47 Å². The Morgan fingerprint density at radius 2 is 2.00 bits per heavy atom. The van der Waals surface area contributed by atoms with Crippen LogP contribution in [0.5, 0.6) is 0 Å². The van der Waals surface area contributed by atoms with Gasteiger partial charge in [-0.25, -0.2) is 4.79 Å². The van der Waals surface area contributed by atoms with Crippen LogP contribution in [-0.2, 0) is 9.47 Å². The molecule has 0 aromatic rings. The van der Waals surface area contributed by atoms with Crippen molar-refractivity contribution < 1.29 is 14.3 Å². The zero-order valence-corrected chi connectivity index (χ0v) is 10.8. The van der Waals surface area contributed by atoms with E-state index in [0.29, 0.717) is 5.92 Å². The summed E-state index contributed by atoms with van der Waals surface area (Å²) in [5.41, 5.74) is -0.201. The van der Waals surface area contributed by atoms with E-state index in [-0.39, 0.29) is 11.7 Å². The van der Waals surface area contributed by atoms with E-state index >= 15 is 0 Å². The molecular formula is C13H22N2O3. The van der Waals surface area contributed by atoms with Crippen LogP contribution in [0.1, 0.15) is 25.7 Å². The van der Waals surface area contributed by atoms with Gasteiger partial charge in [-0.1, -0.05) is 0 Å². The van der Waals surface area contributed by atoms with Gasteiger partial charge in [0.15, 0.2) is 0 Å². The van der Waals surface area contributed by atoms with Gasteiger partial charge in [0.1, 0.15) is 5.60 Å². The Hall–Kier alpha value is -0.810. The van der Waals surface area contributed by atoms with Crippen LogP contribution in [0.3, 0.4) is 0 Å². The van der Waals surface area contributed by atoms with Crippen molar-refractivity contribution in [3.63, 3.8) is 0 Å². The van der Waals surface area contributed by atoms with Gasteiger partial charge in [-0.3, -0.25) is 0 Å². The highest BCUT2D eigenvalue weighted by Gasteiger charge is 2.45. The normalized spacial score (nSPS) is 28.7. The van der Waals surface area contributed by atoms with Crippen LogP contribution in [0.25, 0.3) is 0 Å². The lowest BCUT2D eigenvalue weighted by Gasteiger charge is -2.31. The molecule has 3 rings (SSSR count). The van der Waals surface area contributed by atoms with Crippen molar-refractivity contribution in [3.05, 3.63) is 0 Å². The first-order valence-electron chi connectivity index (χ1n) is 7.04. The molecule has 0 aromatic carbocycles. The summed E-state index contributed by atoms with van der Waals surface area (Å²) in [6.45, 7) is 5.21. The van der Waals surface area contributed by atoms with E-state index in [0.717, 1.165) is 65.1 Å². The van der Waals surface area contributed by atoms with Gasteiger partial charge in [0, 0.05) is 32.6 Å². The number of hydrogen-bond acceptors (Lipinski definition) is 4. The first kappa shape index (κ1) is 12.2. The van der Waals surface area contributed by atoms with E-state index in [1.165, 1.54) is 0 Å². The molecule has 1 amide bonds. The van der Waals surface area contributed by atoms with E-state index in [2.05, 4.69) is 5.32 Å². The predicted octanol–water partition coefficient (Wildman–Crippen LogP) is 0.987. The average molecular weight is 254 g/mol. The first-order chi connectivity index (χ1) is 8.77. The average Bonchev–Trinajstić information content (AvgIpc) is 2.68. The molecule has 18 heavy (non-hydrogen) atoms. The summed E-state index contributed by atoms with van der Waals surface area (Å²) in [6, 6.07) is 0. The molecular weight excluding hydrogens is 232 g/mol. The van der Waals surface area contributed by atoms with Crippen LogP contribution in [0, 0.1) is 5.92 Å². The van der Waals surface area contributed by atoms with Crippen molar-refractivity contribution >= 4 is 6.09 Å². The molecule has 102 valence electrons. The third kappa shape index (κ3) is 2.47. The number of nitrogens with one attached hydrogen (secondary N) is 1. The Labute approximate surface area is 108 Å². The summed E-state index contributed by atoms with van der Waals surface area (Å²) < 4.78 is 11.0. The number of hydrogen-bond donors (Lipinski definition) is 1. The number of carbonyl (C=O) groups excluding carboxylic acids is 1. The number of amides is 1. The molecule has 3 aliphatic heterocycles. The monoisotopic (exact) mass is 254 g/mol. The topological polar surface area (TPSA) is 50.8 Å². The molecule has 3 heterocycles. The van der Waals surface area contributed by atoms with Gasteiger partial charge in [0.05, 0.1) is 6.54 Å². The van der Waals surface area contributed by atoms with Gasteiger partial charge < -0.3 is 19.7 Å². The van der Waals surface area contributed by atoms with Gasteiger partial charge >= 0.3 is 6.09 Å². The van der Waals surface area contributed by atoms with Crippen LogP contribution in [0.2, 0.25) is 0 Å². The Morgan fingerprint density at radius 3 is 2.72 bits per heavy atom. The smallest absolute Gasteiger partial charge is 0.410 e. The molecule has 1 N–H and O–H groups in total. The minimum Gasteiger partial charge on any atom is -0.441 e. The maximum absolute atomic E-state index is 12.0. The molecule has 1 spiro atoms. The minimum absolute atomic E-state index is 0.108. The largest absolute Gasteiger partial charge is 0.441 e. The fraction of sp³-hybridized carbons (Fsp3) is 0.923. The number of piperidine rings is 1. The summed E-state index contributed by atoms with van der Waals surface area (Å²) in [7, 11) is 0. The van der Waals surface area contributed by atoms with Crippen LogP contribution in [0.4, 0.5) is 4.79 Å². The number of nitrogens with zero attached hydrogens (tertiary/aromatic N) is 1. The molecule has 5 heteroatoms. The van der Waals surface area contributed by atoms with E-state index in [1.54, 1.807) is 0 Å². The van der Waals surface area contributed by atoms with Gasteiger partial charge in [-0.2, -0.15) is 0 Å². The number of ether oxygens (including phenoxy) is 2. The fourth-order valence-corrected chi connectivity index (χ4v) is 3.22. The van der Waals surface area contributed by atoms with Crippen molar-refractivity contribution in [2.45, 2.75) is 31.3 Å². The lowest BCUT2D eigenvalue weighted by atomic mass is 9.92. The summed E-state index contributed by atoms with van der Waals surface area (Å²) in [5.74, 6) is 0.586. The summed E-state index contributed by atoms with van der Waals surface area (Å²) >= 11 is 0. The van der Waals surface area contributed by atoms with E-state index < -0.39 is 0 Å². The van der Waals surface area contributed by atoms with Gasteiger partial charge in [-0.15, -0.1) is 0 Å².